The molecular formula is C12H16BrNO2. The van der Waals surface area contributed by atoms with Gasteiger partial charge in [-0.15, -0.1) is 0 Å². The van der Waals surface area contributed by atoms with E-state index < -0.39 is 0 Å². The van der Waals surface area contributed by atoms with Gasteiger partial charge in [-0.1, -0.05) is 41.9 Å². The van der Waals surface area contributed by atoms with Gasteiger partial charge in [0.05, 0.1) is 6.54 Å². The molecule has 3 nitrogen and oxygen atoms in total. The van der Waals surface area contributed by atoms with Gasteiger partial charge in [0.2, 0.25) is 0 Å². The number of halogens is 1. The first-order valence-electron chi connectivity index (χ1n) is 5.21. The first kappa shape index (κ1) is 13.2. The van der Waals surface area contributed by atoms with Crippen molar-refractivity contribution in [3.8, 4) is 0 Å². The van der Waals surface area contributed by atoms with Gasteiger partial charge in [0.25, 0.3) is 0 Å². The Hall–Kier alpha value is -0.870. The summed E-state index contributed by atoms with van der Waals surface area (Å²) in [6.07, 6.45) is 0. The van der Waals surface area contributed by atoms with E-state index in [1.165, 1.54) is 0 Å². The van der Waals surface area contributed by atoms with Crippen LogP contribution < -0.4 is 5.32 Å². The summed E-state index contributed by atoms with van der Waals surface area (Å²) in [4.78, 5) is 11.3. The molecule has 0 aromatic heterocycles. The van der Waals surface area contributed by atoms with E-state index >= 15 is 0 Å². The van der Waals surface area contributed by atoms with Crippen LogP contribution in [0.4, 0.5) is 0 Å². The smallest absolute Gasteiger partial charge is 0.320 e. The second-order valence-electron chi connectivity index (χ2n) is 3.82. The Kier molecular flexibility index (Phi) is 5.49. The molecule has 0 fully saturated rings. The summed E-state index contributed by atoms with van der Waals surface area (Å²) in [7, 11) is 0. The first-order valence-corrected chi connectivity index (χ1v) is 6.00. The predicted octanol–water partition coefficient (Wildman–Crippen LogP) is 2.49. The number of benzene rings is 1. The highest BCUT2D eigenvalue weighted by molar-refractivity contribution is 9.10. The Balaban J connectivity index is 2.29. The van der Waals surface area contributed by atoms with Crippen LogP contribution in [0.1, 0.15) is 19.4 Å². The number of nitrogens with one attached hydrogen (secondary N) is 1. The molecule has 0 radical (unpaired) electrons. The molecule has 0 heterocycles. The maximum atomic E-state index is 11.3. The molecule has 4 heteroatoms. The average Bonchev–Trinajstić information content (AvgIpc) is 2.25. The molecule has 0 amide bonds. The minimum atomic E-state index is -0.225. The van der Waals surface area contributed by atoms with Gasteiger partial charge in [0.15, 0.2) is 0 Å². The quantitative estimate of drug-likeness (QED) is 0.845. The third-order valence-corrected chi connectivity index (χ3v) is 2.50. The van der Waals surface area contributed by atoms with Gasteiger partial charge >= 0.3 is 5.97 Å². The molecule has 1 N–H and O–H groups in total. The van der Waals surface area contributed by atoms with Crippen LogP contribution in [-0.4, -0.2) is 18.6 Å². The Bertz CT molecular complexity index is 335. The highest BCUT2D eigenvalue weighted by Gasteiger charge is 2.03. The van der Waals surface area contributed by atoms with Crippen molar-refractivity contribution in [2.45, 2.75) is 26.5 Å². The van der Waals surface area contributed by atoms with Gasteiger partial charge in [0, 0.05) is 10.5 Å². The number of ether oxygens (including phenoxy) is 1. The largest absolute Gasteiger partial charge is 0.460 e. The van der Waals surface area contributed by atoms with E-state index in [2.05, 4.69) is 21.2 Å². The van der Waals surface area contributed by atoms with Gasteiger partial charge in [-0.25, -0.2) is 0 Å². The van der Waals surface area contributed by atoms with Crippen LogP contribution in [0.5, 0.6) is 0 Å². The van der Waals surface area contributed by atoms with Crippen molar-refractivity contribution in [3.05, 3.63) is 34.3 Å². The topological polar surface area (TPSA) is 38.3 Å². The normalized spacial score (nSPS) is 10.5. The van der Waals surface area contributed by atoms with Crippen LogP contribution in [0.25, 0.3) is 0 Å². The Labute approximate surface area is 104 Å². The lowest BCUT2D eigenvalue weighted by atomic mass is 10.2. The van der Waals surface area contributed by atoms with Gasteiger partial charge in [0.1, 0.15) is 6.61 Å². The van der Waals surface area contributed by atoms with Crippen molar-refractivity contribution >= 4 is 21.9 Å². The number of rotatable bonds is 5. The summed E-state index contributed by atoms with van der Waals surface area (Å²) in [6.45, 7) is 4.56. The van der Waals surface area contributed by atoms with Crippen molar-refractivity contribution in [1.82, 2.24) is 5.32 Å². The summed E-state index contributed by atoms with van der Waals surface area (Å²) in [5, 5.41) is 3.01. The molecule has 16 heavy (non-hydrogen) atoms. The van der Waals surface area contributed by atoms with Crippen LogP contribution in [0.3, 0.4) is 0 Å². The lowest BCUT2D eigenvalue weighted by Crippen LogP contribution is -2.30. The van der Waals surface area contributed by atoms with E-state index in [1.54, 1.807) is 0 Å². The van der Waals surface area contributed by atoms with E-state index in [9.17, 15) is 4.79 Å². The fraction of sp³-hybridized carbons (Fsp3) is 0.417. The van der Waals surface area contributed by atoms with Crippen molar-refractivity contribution in [1.29, 1.82) is 0 Å². The van der Waals surface area contributed by atoms with Crippen LogP contribution in [-0.2, 0) is 16.1 Å². The van der Waals surface area contributed by atoms with Gasteiger partial charge in [-0.05, 0) is 17.7 Å². The van der Waals surface area contributed by atoms with Crippen LogP contribution in [0.15, 0.2) is 28.7 Å². The van der Waals surface area contributed by atoms with Crippen molar-refractivity contribution < 1.29 is 9.53 Å². The molecule has 1 aromatic rings. The second-order valence-corrected chi connectivity index (χ2v) is 4.74. The van der Waals surface area contributed by atoms with E-state index in [1.807, 2.05) is 38.1 Å². The molecule has 0 aliphatic heterocycles. The van der Waals surface area contributed by atoms with E-state index in [4.69, 9.17) is 4.74 Å². The highest BCUT2D eigenvalue weighted by atomic mass is 79.9. The molecular weight excluding hydrogens is 270 g/mol. The van der Waals surface area contributed by atoms with Crippen LogP contribution in [0.2, 0.25) is 0 Å². The number of hydrogen-bond acceptors (Lipinski definition) is 3. The van der Waals surface area contributed by atoms with E-state index in [0.717, 1.165) is 10.0 Å². The summed E-state index contributed by atoms with van der Waals surface area (Å²) in [5.74, 6) is -0.225. The molecule has 0 unspecified atom stereocenters. The number of carbonyl (C=O) groups is 1. The SMILES string of the molecule is CC(C)NCC(=O)OCc1ccc(Br)cc1. The molecule has 0 saturated carbocycles. The summed E-state index contributed by atoms with van der Waals surface area (Å²) in [6, 6.07) is 7.99. The predicted molar refractivity (Wildman–Crippen MR) is 67.1 cm³/mol. The highest BCUT2D eigenvalue weighted by Crippen LogP contribution is 2.11. The van der Waals surface area contributed by atoms with Gasteiger partial charge in [-0.3, -0.25) is 4.79 Å². The van der Waals surface area contributed by atoms with Crippen LogP contribution >= 0.6 is 15.9 Å². The molecule has 0 saturated heterocycles. The fourth-order valence-corrected chi connectivity index (χ4v) is 1.35. The van der Waals surface area contributed by atoms with Crippen molar-refractivity contribution in [2.24, 2.45) is 0 Å². The second kappa shape index (κ2) is 6.66. The number of esters is 1. The lowest BCUT2D eigenvalue weighted by Gasteiger charge is -2.08. The molecule has 0 aliphatic carbocycles. The Morgan fingerprint density at radius 2 is 2.00 bits per heavy atom. The summed E-state index contributed by atoms with van der Waals surface area (Å²) >= 11 is 3.35. The molecule has 0 spiro atoms. The number of hydrogen-bond donors (Lipinski definition) is 1. The zero-order valence-corrected chi connectivity index (χ0v) is 11.1. The van der Waals surface area contributed by atoms with Gasteiger partial charge < -0.3 is 10.1 Å². The molecule has 88 valence electrons. The Morgan fingerprint density at radius 3 is 2.56 bits per heavy atom. The standard InChI is InChI=1S/C12H16BrNO2/c1-9(2)14-7-12(15)16-8-10-3-5-11(13)6-4-10/h3-6,9,14H,7-8H2,1-2H3. The minimum Gasteiger partial charge on any atom is -0.460 e. The maximum Gasteiger partial charge on any atom is 0.320 e. The van der Waals surface area contributed by atoms with E-state index in [-0.39, 0.29) is 12.5 Å². The van der Waals surface area contributed by atoms with Gasteiger partial charge in [-0.2, -0.15) is 0 Å². The summed E-state index contributed by atoms with van der Waals surface area (Å²) in [5.41, 5.74) is 0.987. The zero-order chi connectivity index (χ0) is 12.0. The van der Waals surface area contributed by atoms with Crippen LogP contribution in [0, 0.1) is 0 Å². The van der Waals surface area contributed by atoms with Crippen molar-refractivity contribution in [2.75, 3.05) is 6.54 Å². The molecule has 1 aromatic carbocycles. The third kappa shape index (κ3) is 5.28. The van der Waals surface area contributed by atoms with E-state index in [0.29, 0.717) is 12.6 Å². The molecule has 1 rings (SSSR count). The zero-order valence-electron chi connectivity index (χ0n) is 9.50. The third-order valence-electron chi connectivity index (χ3n) is 1.97. The Morgan fingerprint density at radius 1 is 1.38 bits per heavy atom. The molecule has 0 bridgehead atoms. The first-order chi connectivity index (χ1) is 7.58. The average molecular weight is 286 g/mol. The maximum absolute atomic E-state index is 11.3. The minimum absolute atomic E-state index is 0.225. The number of carbonyl (C=O) groups excluding carboxylic acids is 1. The molecule has 0 aliphatic rings. The fourth-order valence-electron chi connectivity index (χ4n) is 1.08. The monoisotopic (exact) mass is 285 g/mol. The molecule has 0 atom stereocenters. The summed E-state index contributed by atoms with van der Waals surface area (Å²) < 4.78 is 6.12. The lowest BCUT2D eigenvalue weighted by molar-refractivity contribution is -0.143. The van der Waals surface area contributed by atoms with Crippen molar-refractivity contribution in [3.63, 3.8) is 0 Å².